The highest BCUT2D eigenvalue weighted by Gasteiger charge is 2.19. The van der Waals surface area contributed by atoms with Crippen LogP contribution in [-0.4, -0.2) is 15.7 Å². The Morgan fingerprint density at radius 2 is 0.902 bits per heavy atom. The standard InChI is InChI=1S/C55H40F2N4/c1-2-14-42(59(45-30-26-40(57)27-31-45)47-33-35-55-51(38-47)49-21-10-12-23-53(49)61(55)44-17-7-4-8-18-44)19-13-36-58(41-28-24-39(56)25-29-41)46-32-34-54-50(37-46)48-20-9-11-22-52(48)60(54)43-15-5-3-6-16-43/h2-35,37-38H,1,36H2/b19-13-,42-14+. The van der Waals surface area contributed by atoms with Gasteiger partial charge in [0.2, 0.25) is 0 Å². The van der Waals surface area contributed by atoms with Gasteiger partial charge >= 0.3 is 0 Å². The lowest BCUT2D eigenvalue weighted by Crippen LogP contribution is -2.18. The van der Waals surface area contributed by atoms with E-state index in [1.54, 1.807) is 18.2 Å². The van der Waals surface area contributed by atoms with Crippen molar-refractivity contribution >= 4 is 66.4 Å². The van der Waals surface area contributed by atoms with Crippen molar-refractivity contribution in [1.29, 1.82) is 0 Å². The first-order chi connectivity index (χ1) is 30.1. The van der Waals surface area contributed by atoms with Crippen molar-refractivity contribution in [2.45, 2.75) is 0 Å². The van der Waals surface area contributed by atoms with Gasteiger partial charge in [0.05, 0.1) is 22.1 Å². The summed E-state index contributed by atoms with van der Waals surface area (Å²) in [5.41, 5.74) is 10.9. The molecule has 2 heterocycles. The molecule has 0 unspecified atom stereocenters. The van der Waals surface area contributed by atoms with Gasteiger partial charge in [-0.05, 0) is 133 Å². The molecular weight excluding hydrogens is 755 g/mol. The summed E-state index contributed by atoms with van der Waals surface area (Å²) in [6, 6.07) is 63.9. The summed E-state index contributed by atoms with van der Waals surface area (Å²) in [5, 5.41) is 4.49. The molecule has 0 saturated heterocycles. The van der Waals surface area contributed by atoms with Crippen LogP contribution in [0.25, 0.3) is 55.0 Å². The number of para-hydroxylation sites is 4. The SMILES string of the molecule is C=C/C=C(\C=C/CN(c1ccc(F)cc1)c1ccc2c(c1)c1ccccc1n2-c1ccccc1)N(c1ccc(F)cc1)c1ccc2c(c1)c1ccccc1n2-c1ccccc1. The van der Waals surface area contributed by atoms with Gasteiger partial charge in [0.25, 0.3) is 0 Å². The number of nitrogens with zero attached hydrogens (tertiary/aromatic N) is 4. The molecule has 0 atom stereocenters. The van der Waals surface area contributed by atoms with Gasteiger partial charge < -0.3 is 18.9 Å². The van der Waals surface area contributed by atoms with Gasteiger partial charge in [0, 0.05) is 67.9 Å². The van der Waals surface area contributed by atoms with E-state index in [4.69, 9.17) is 0 Å². The van der Waals surface area contributed by atoms with Gasteiger partial charge in [-0.25, -0.2) is 8.78 Å². The molecule has 0 fully saturated rings. The molecule has 0 aliphatic rings. The van der Waals surface area contributed by atoms with Crippen LogP contribution in [0.15, 0.2) is 231 Å². The third-order valence-electron chi connectivity index (χ3n) is 11.3. The Hall–Kier alpha value is -7.96. The summed E-state index contributed by atoms with van der Waals surface area (Å²) in [5.74, 6) is -0.607. The zero-order chi connectivity index (χ0) is 41.3. The zero-order valence-electron chi connectivity index (χ0n) is 33.2. The number of rotatable bonds is 11. The fourth-order valence-electron chi connectivity index (χ4n) is 8.56. The number of aromatic nitrogens is 2. The van der Waals surface area contributed by atoms with Crippen LogP contribution in [0.5, 0.6) is 0 Å². The predicted octanol–water partition coefficient (Wildman–Crippen LogP) is 14.8. The van der Waals surface area contributed by atoms with Crippen LogP contribution in [0.3, 0.4) is 0 Å². The minimum Gasteiger partial charge on any atom is -0.338 e. The van der Waals surface area contributed by atoms with Gasteiger partial charge in [-0.1, -0.05) is 91.5 Å². The number of hydrogen-bond donors (Lipinski definition) is 0. The monoisotopic (exact) mass is 794 g/mol. The number of benzene rings is 8. The molecule has 0 spiro atoms. The Morgan fingerprint density at radius 1 is 0.459 bits per heavy atom. The highest BCUT2D eigenvalue weighted by molar-refractivity contribution is 6.11. The largest absolute Gasteiger partial charge is 0.338 e. The van der Waals surface area contributed by atoms with E-state index < -0.39 is 0 Å². The first kappa shape index (κ1) is 37.3. The van der Waals surface area contributed by atoms with Crippen molar-refractivity contribution in [3.63, 3.8) is 0 Å². The van der Waals surface area contributed by atoms with Crippen LogP contribution in [0, 0.1) is 11.6 Å². The molecule has 8 aromatic carbocycles. The number of fused-ring (bicyclic) bond motifs is 6. The fraction of sp³-hybridized carbons (Fsp3) is 0.0182. The van der Waals surface area contributed by atoms with Crippen molar-refractivity contribution in [1.82, 2.24) is 9.13 Å². The summed E-state index contributed by atoms with van der Waals surface area (Å²) >= 11 is 0. The molecule has 6 heteroatoms. The Labute approximate surface area is 353 Å². The van der Waals surface area contributed by atoms with E-state index in [1.165, 1.54) is 24.3 Å². The van der Waals surface area contributed by atoms with E-state index in [-0.39, 0.29) is 11.6 Å². The first-order valence-corrected chi connectivity index (χ1v) is 20.3. The van der Waals surface area contributed by atoms with Gasteiger partial charge in [-0.2, -0.15) is 0 Å². The molecule has 0 radical (unpaired) electrons. The molecule has 10 aromatic rings. The van der Waals surface area contributed by atoms with Crippen molar-refractivity contribution < 1.29 is 8.78 Å². The van der Waals surface area contributed by atoms with E-state index in [0.29, 0.717) is 6.54 Å². The molecule has 294 valence electrons. The Kier molecular flexibility index (Phi) is 9.79. The lowest BCUT2D eigenvalue weighted by atomic mass is 10.1. The van der Waals surface area contributed by atoms with E-state index in [0.717, 1.165) is 83.4 Å². The maximum Gasteiger partial charge on any atom is 0.123 e. The fourth-order valence-corrected chi connectivity index (χ4v) is 8.56. The third-order valence-corrected chi connectivity index (χ3v) is 11.3. The molecular formula is C55H40F2N4. The smallest absolute Gasteiger partial charge is 0.123 e. The summed E-state index contributed by atoms with van der Waals surface area (Å²) in [4.78, 5) is 4.31. The lowest BCUT2D eigenvalue weighted by Gasteiger charge is -2.27. The topological polar surface area (TPSA) is 16.3 Å². The Balaban J connectivity index is 1.07. The number of hydrogen-bond acceptors (Lipinski definition) is 2. The highest BCUT2D eigenvalue weighted by atomic mass is 19.1. The summed E-state index contributed by atoms with van der Waals surface area (Å²) in [7, 11) is 0. The number of halogens is 2. The lowest BCUT2D eigenvalue weighted by molar-refractivity contribution is 0.627. The van der Waals surface area contributed by atoms with Crippen molar-refractivity contribution in [2.24, 2.45) is 0 Å². The third kappa shape index (κ3) is 6.94. The average molecular weight is 795 g/mol. The Morgan fingerprint density at radius 3 is 1.44 bits per heavy atom. The molecule has 0 aliphatic carbocycles. The zero-order valence-corrected chi connectivity index (χ0v) is 33.2. The van der Waals surface area contributed by atoms with Crippen molar-refractivity contribution in [3.8, 4) is 11.4 Å². The maximum atomic E-state index is 14.5. The normalized spacial score (nSPS) is 11.9. The van der Waals surface area contributed by atoms with Crippen LogP contribution in [-0.2, 0) is 0 Å². The van der Waals surface area contributed by atoms with Gasteiger partial charge in [0.15, 0.2) is 0 Å². The maximum absolute atomic E-state index is 14.5. The van der Waals surface area contributed by atoms with Crippen LogP contribution in [0.1, 0.15) is 0 Å². The molecule has 2 aromatic heterocycles. The minimum absolute atomic E-state index is 0.296. The van der Waals surface area contributed by atoms with Gasteiger partial charge in [-0.15, -0.1) is 0 Å². The van der Waals surface area contributed by atoms with Crippen LogP contribution >= 0.6 is 0 Å². The molecule has 0 bridgehead atoms. The van der Waals surface area contributed by atoms with Gasteiger partial charge in [-0.3, -0.25) is 0 Å². The van der Waals surface area contributed by atoms with Gasteiger partial charge in [0.1, 0.15) is 11.6 Å². The Bertz CT molecular complexity index is 3250. The average Bonchev–Trinajstić information content (AvgIpc) is 3.82. The molecule has 61 heavy (non-hydrogen) atoms. The first-order valence-electron chi connectivity index (χ1n) is 20.3. The molecule has 10 rings (SSSR count). The second-order valence-corrected chi connectivity index (χ2v) is 14.9. The molecule has 0 N–H and O–H groups in total. The quantitative estimate of drug-likeness (QED) is 0.121. The molecule has 0 saturated carbocycles. The number of anilines is 4. The molecule has 4 nitrogen and oxygen atoms in total. The summed E-state index contributed by atoms with van der Waals surface area (Å²) in [6.07, 6.45) is 7.90. The summed E-state index contributed by atoms with van der Waals surface area (Å²) < 4.78 is 33.4. The molecule has 0 amide bonds. The van der Waals surface area contributed by atoms with Crippen LogP contribution < -0.4 is 9.80 Å². The van der Waals surface area contributed by atoms with E-state index in [9.17, 15) is 8.78 Å². The van der Waals surface area contributed by atoms with Crippen molar-refractivity contribution in [3.05, 3.63) is 242 Å². The molecule has 0 aliphatic heterocycles. The van der Waals surface area contributed by atoms with Crippen molar-refractivity contribution in [2.75, 3.05) is 16.3 Å². The van der Waals surface area contributed by atoms with E-state index in [1.807, 2.05) is 30.3 Å². The van der Waals surface area contributed by atoms with Crippen LogP contribution in [0.4, 0.5) is 31.5 Å². The second kappa shape index (κ2) is 16.0. The highest BCUT2D eigenvalue weighted by Crippen LogP contribution is 2.39. The summed E-state index contributed by atoms with van der Waals surface area (Å²) in [6.45, 7) is 4.55. The van der Waals surface area contributed by atoms with Crippen LogP contribution in [0.2, 0.25) is 0 Å². The minimum atomic E-state index is -0.311. The predicted molar refractivity (Wildman–Crippen MR) is 251 cm³/mol. The number of allylic oxidation sites excluding steroid dienone is 3. The second-order valence-electron chi connectivity index (χ2n) is 14.9. The van der Waals surface area contributed by atoms with E-state index >= 15 is 0 Å². The van der Waals surface area contributed by atoms with E-state index in [2.05, 4.69) is 171 Å².